The summed E-state index contributed by atoms with van der Waals surface area (Å²) in [7, 11) is 1.66. The molecule has 1 aliphatic heterocycles. The van der Waals surface area contributed by atoms with Crippen LogP contribution in [-0.2, 0) is 6.54 Å². The van der Waals surface area contributed by atoms with Gasteiger partial charge in [-0.1, -0.05) is 78.4 Å². The first-order valence-corrected chi connectivity index (χ1v) is 11.8. The molecule has 172 valence electrons. The molecule has 1 aliphatic rings. The third kappa shape index (κ3) is 3.58. The van der Waals surface area contributed by atoms with Crippen LogP contribution in [0.3, 0.4) is 0 Å². The van der Waals surface area contributed by atoms with Crippen LogP contribution in [0.5, 0.6) is 5.75 Å². The Labute approximate surface area is 204 Å². The standard InChI is InChI=1S/C31H26N2O2/c1-20-11-15-22(16-12-20)29-28(26-9-5-6-10-27(26)32-29)30-24-7-3-4-8-25(24)31(34)33(30)19-21-13-17-23(35-2)18-14-21/h3-18,30,32H,19H2,1-2H3. The average molecular weight is 459 g/mol. The van der Waals surface area contributed by atoms with Gasteiger partial charge in [-0.2, -0.15) is 0 Å². The van der Waals surface area contributed by atoms with Crippen molar-refractivity contribution in [1.82, 2.24) is 9.88 Å². The largest absolute Gasteiger partial charge is 0.497 e. The van der Waals surface area contributed by atoms with Gasteiger partial charge in [0.25, 0.3) is 5.91 Å². The molecule has 0 saturated carbocycles. The number of aromatic amines is 1. The van der Waals surface area contributed by atoms with Crippen molar-refractivity contribution in [2.45, 2.75) is 19.5 Å². The van der Waals surface area contributed by atoms with E-state index >= 15 is 0 Å². The maximum Gasteiger partial charge on any atom is 0.255 e. The number of hydrogen-bond donors (Lipinski definition) is 1. The van der Waals surface area contributed by atoms with Gasteiger partial charge in [-0.25, -0.2) is 0 Å². The van der Waals surface area contributed by atoms with Gasteiger partial charge in [-0.15, -0.1) is 0 Å². The van der Waals surface area contributed by atoms with Gasteiger partial charge in [0.15, 0.2) is 0 Å². The second-order valence-corrected chi connectivity index (χ2v) is 9.10. The molecule has 0 spiro atoms. The Hall–Kier alpha value is -4.31. The number of carbonyl (C=O) groups excluding carboxylic acids is 1. The van der Waals surface area contributed by atoms with Crippen molar-refractivity contribution < 1.29 is 9.53 Å². The lowest BCUT2D eigenvalue weighted by Crippen LogP contribution is -2.28. The highest BCUT2D eigenvalue weighted by Crippen LogP contribution is 2.46. The number of nitrogens with one attached hydrogen (secondary N) is 1. The topological polar surface area (TPSA) is 45.3 Å². The maximum atomic E-state index is 13.7. The number of hydrogen-bond acceptors (Lipinski definition) is 2. The molecule has 1 aromatic heterocycles. The second kappa shape index (κ2) is 8.48. The minimum atomic E-state index is -0.201. The van der Waals surface area contributed by atoms with E-state index < -0.39 is 0 Å². The number of ether oxygens (including phenoxy) is 1. The van der Waals surface area contributed by atoms with E-state index in [1.165, 1.54) is 5.56 Å². The maximum absolute atomic E-state index is 13.7. The second-order valence-electron chi connectivity index (χ2n) is 9.10. The van der Waals surface area contributed by atoms with Crippen molar-refractivity contribution >= 4 is 16.8 Å². The lowest BCUT2D eigenvalue weighted by atomic mass is 9.93. The average Bonchev–Trinajstić information content (AvgIpc) is 3.40. The summed E-state index contributed by atoms with van der Waals surface area (Å²) in [6, 6.07) is 32.7. The highest BCUT2D eigenvalue weighted by molar-refractivity contribution is 6.02. The summed E-state index contributed by atoms with van der Waals surface area (Å²) < 4.78 is 5.33. The first kappa shape index (κ1) is 21.2. The Kier molecular flexibility index (Phi) is 5.14. The van der Waals surface area contributed by atoms with Crippen molar-refractivity contribution in [2.24, 2.45) is 0 Å². The van der Waals surface area contributed by atoms with E-state index in [0.29, 0.717) is 6.54 Å². The molecule has 6 rings (SSSR count). The van der Waals surface area contributed by atoms with Crippen LogP contribution in [0.25, 0.3) is 22.2 Å². The molecule has 0 bridgehead atoms. The highest BCUT2D eigenvalue weighted by Gasteiger charge is 2.40. The fraction of sp³-hybridized carbons (Fsp3) is 0.129. The Morgan fingerprint density at radius 1 is 0.857 bits per heavy atom. The van der Waals surface area contributed by atoms with Crippen molar-refractivity contribution in [1.29, 1.82) is 0 Å². The summed E-state index contributed by atoms with van der Waals surface area (Å²) in [5.74, 6) is 0.862. The van der Waals surface area contributed by atoms with E-state index in [2.05, 4.69) is 60.4 Å². The first-order chi connectivity index (χ1) is 17.1. The molecule has 4 nitrogen and oxygen atoms in total. The zero-order valence-corrected chi connectivity index (χ0v) is 19.8. The minimum Gasteiger partial charge on any atom is -0.497 e. The van der Waals surface area contributed by atoms with Crippen LogP contribution < -0.4 is 4.74 Å². The molecule has 0 radical (unpaired) electrons. The van der Waals surface area contributed by atoms with Gasteiger partial charge in [0.1, 0.15) is 5.75 Å². The summed E-state index contributed by atoms with van der Waals surface area (Å²) in [5, 5.41) is 1.14. The lowest BCUT2D eigenvalue weighted by Gasteiger charge is -2.27. The van der Waals surface area contributed by atoms with Crippen molar-refractivity contribution in [3.05, 3.63) is 125 Å². The number of H-pyrrole nitrogens is 1. The normalized spacial score (nSPS) is 15.0. The molecule has 1 amide bonds. The monoisotopic (exact) mass is 458 g/mol. The van der Waals surface area contributed by atoms with Crippen LogP contribution in [0.1, 0.15) is 38.7 Å². The molecule has 1 atom stereocenters. The van der Waals surface area contributed by atoms with E-state index in [0.717, 1.165) is 50.2 Å². The van der Waals surface area contributed by atoms with Crippen LogP contribution in [0.15, 0.2) is 97.1 Å². The number of aromatic nitrogens is 1. The van der Waals surface area contributed by atoms with Crippen LogP contribution in [0, 0.1) is 6.92 Å². The number of methoxy groups -OCH3 is 1. The molecule has 0 saturated heterocycles. The Bertz CT molecular complexity index is 1530. The summed E-state index contributed by atoms with van der Waals surface area (Å²) in [4.78, 5) is 19.4. The third-order valence-corrected chi connectivity index (χ3v) is 6.93. The first-order valence-electron chi connectivity index (χ1n) is 11.8. The zero-order chi connectivity index (χ0) is 23.9. The number of para-hydroxylation sites is 1. The predicted octanol–water partition coefficient (Wildman–Crippen LogP) is 6.90. The van der Waals surface area contributed by atoms with E-state index in [-0.39, 0.29) is 11.9 Å². The molecular formula is C31H26N2O2. The van der Waals surface area contributed by atoms with E-state index in [4.69, 9.17) is 4.74 Å². The molecule has 1 unspecified atom stereocenters. The molecule has 2 heterocycles. The number of fused-ring (bicyclic) bond motifs is 2. The fourth-order valence-electron chi connectivity index (χ4n) is 5.17. The third-order valence-electron chi connectivity index (χ3n) is 6.93. The predicted molar refractivity (Wildman–Crippen MR) is 140 cm³/mol. The van der Waals surface area contributed by atoms with E-state index in [9.17, 15) is 4.79 Å². The molecular weight excluding hydrogens is 432 g/mol. The molecule has 5 aromatic rings. The summed E-state index contributed by atoms with van der Waals surface area (Å²) in [6.45, 7) is 2.60. The van der Waals surface area contributed by atoms with Gasteiger partial charge >= 0.3 is 0 Å². The van der Waals surface area contributed by atoms with Gasteiger partial charge in [0, 0.05) is 28.6 Å². The quantitative estimate of drug-likeness (QED) is 0.311. The van der Waals surface area contributed by atoms with Crippen LogP contribution in [-0.4, -0.2) is 22.9 Å². The van der Waals surface area contributed by atoms with Gasteiger partial charge < -0.3 is 14.6 Å². The fourth-order valence-corrected chi connectivity index (χ4v) is 5.17. The van der Waals surface area contributed by atoms with Gasteiger partial charge in [0.2, 0.25) is 0 Å². The van der Waals surface area contributed by atoms with Gasteiger partial charge in [0.05, 0.1) is 18.8 Å². The molecule has 0 aliphatic carbocycles. The molecule has 1 N–H and O–H groups in total. The Morgan fingerprint density at radius 2 is 1.57 bits per heavy atom. The number of benzene rings is 4. The zero-order valence-electron chi connectivity index (χ0n) is 19.8. The highest BCUT2D eigenvalue weighted by atomic mass is 16.5. The molecule has 4 aromatic carbocycles. The Morgan fingerprint density at radius 3 is 2.34 bits per heavy atom. The SMILES string of the molecule is COc1ccc(CN2C(=O)c3ccccc3C2c2c(-c3ccc(C)cc3)[nH]c3ccccc23)cc1. The number of amides is 1. The summed E-state index contributed by atoms with van der Waals surface area (Å²) in [6.07, 6.45) is 0. The number of rotatable bonds is 5. The number of nitrogens with zero attached hydrogens (tertiary/aromatic N) is 1. The number of carbonyl (C=O) groups is 1. The van der Waals surface area contributed by atoms with Gasteiger partial charge in [-0.3, -0.25) is 4.79 Å². The van der Waals surface area contributed by atoms with Gasteiger partial charge in [-0.05, 0) is 47.9 Å². The Balaban J connectivity index is 1.55. The molecule has 4 heteroatoms. The molecule has 35 heavy (non-hydrogen) atoms. The van der Waals surface area contributed by atoms with E-state index in [1.54, 1.807) is 7.11 Å². The lowest BCUT2D eigenvalue weighted by molar-refractivity contribution is 0.0737. The van der Waals surface area contributed by atoms with Crippen LogP contribution in [0.4, 0.5) is 0 Å². The number of aryl methyl sites for hydroxylation is 1. The van der Waals surface area contributed by atoms with Crippen molar-refractivity contribution in [2.75, 3.05) is 7.11 Å². The smallest absolute Gasteiger partial charge is 0.255 e. The summed E-state index contributed by atoms with van der Waals surface area (Å²) in [5.41, 5.74) is 8.47. The molecule has 0 fully saturated rings. The van der Waals surface area contributed by atoms with Crippen LogP contribution >= 0.6 is 0 Å². The van der Waals surface area contributed by atoms with Crippen LogP contribution in [0.2, 0.25) is 0 Å². The van der Waals surface area contributed by atoms with E-state index in [1.807, 2.05) is 53.4 Å². The van der Waals surface area contributed by atoms with Crippen molar-refractivity contribution in [3.63, 3.8) is 0 Å². The summed E-state index contributed by atoms with van der Waals surface area (Å²) >= 11 is 0. The van der Waals surface area contributed by atoms with Crippen molar-refractivity contribution in [3.8, 4) is 17.0 Å². The minimum absolute atomic E-state index is 0.0570.